The fraction of sp³-hybridized carbons (Fsp3) is 0.133. The first-order valence-electron chi connectivity index (χ1n) is 6.36. The zero-order chi connectivity index (χ0) is 15.0. The molecule has 0 aliphatic rings. The zero-order valence-corrected chi connectivity index (χ0v) is 13.2. The van der Waals surface area contributed by atoms with Gasteiger partial charge in [0.2, 0.25) is 5.82 Å². The summed E-state index contributed by atoms with van der Waals surface area (Å²) in [6.07, 6.45) is 3.22. The van der Waals surface area contributed by atoms with Gasteiger partial charge in [0.05, 0.1) is 11.3 Å². The Balaban J connectivity index is 2.02. The molecular weight excluding hydrogens is 332 g/mol. The number of nitrogen functional groups attached to an aromatic ring is 1. The third-order valence-electron chi connectivity index (χ3n) is 3.13. The van der Waals surface area contributed by atoms with E-state index in [0.717, 1.165) is 21.2 Å². The maximum Gasteiger partial charge on any atom is 0.259 e. The lowest BCUT2D eigenvalue weighted by molar-refractivity contribution is 0.432. The highest BCUT2D eigenvalue weighted by Crippen LogP contribution is 2.28. The van der Waals surface area contributed by atoms with Gasteiger partial charge in [-0.3, -0.25) is 4.98 Å². The summed E-state index contributed by atoms with van der Waals surface area (Å²) in [5.74, 6) is 0.953. The van der Waals surface area contributed by atoms with E-state index in [0.29, 0.717) is 23.0 Å². The van der Waals surface area contributed by atoms with Gasteiger partial charge >= 0.3 is 0 Å². The molecule has 106 valence electrons. The fourth-order valence-electron chi connectivity index (χ4n) is 2.11. The summed E-state index contributed by atoms with van der Waals surface area (Å²) >= 11 is 3.55. The normalized spacial score (nSPS) is 10.8. The van der Waals surface area contributed by atoms with Crippen molar-refractivity contribution in [1.29, 1.82) is 0 Å². The Hall–Kier alpha value is -2.21. The Labute approximate surface area is 130 Å². The van der Waals surface area contributed by atoms with Crippen LogP contribution in [0, 0.1) is 13.8 Å². The number of aryl methyl sites for hydroxylation is 2. The standard InChI is InChI=1S/C15H13BrN4O/c1-8-3-10(4-9(2)13(8)16)14-19-15(21-20-14)11-5-12(17)7-18-6-11/h3-7H,17H2,1-2H3. The molecular formula is C15H13BrN4O. The molecule has 0 amide bonds. The van der Waals surface area contributed by atoms with Crippen LogP contribution in [0.15, 0.2) is 39.6 Å². The summed E-state index contributed by atoms with van der Waals surface area (Å²) in [6, 6.07) is 5.79. The first kappa shape index (κ1) is 13.8. The lowest BCUT2D eigenvalue weighted by atomic mass is 10.1. The number of pyridine rings is 1. The van der Waals surface area contributed by atoms with Gasteiger partial charge in [-0.2, -0.15) is 4.98 Å². The Kier molecular flexibility index (Phi) is 3.47. The maximum atomic E-state index is 5.71. The van der Waals surface area contributed by atoms with Gasteiger partial charge < -0.3 is 10.3 Å². The van der Waals surface area contributed by atoms with E-state index in [1.807, 2.05) is 26.0 Å². The van der Waals surface area contributed by atoms with Gasteiger partial charge in [-0.25, -0.2) is 0 Å². The van der Waals surface area contributed by atoms with E-state index in [4.69, 9.17) is 10.3 Å². The maximum absolute atomic E-state index is 5.71. The molecule has 0 radical (unpaired) electrons. The molecule has 0 unspecified atom stereocenters. The summed E-state index contributed by atoms with van der Waals surface area (Å²) in [4.78, 5) is 8.44. The molecule has 2 N–H and O–H groups in total. The van der Waals surface area contributed by atoms with Crippen molar-refractivity contribution in [3.05, 3.63) is 46.2 Å². The van der Waals surface area contributed by atoms with Crippen LogP contribution in [-0.4, -0.2) is 15.1 Å². The van der Waals surface area contributed by atoms with E-state index in [2.05, 4.69) is 31.1 Å². The van der Waals surface area contributed by atoms with Crippen LogP contribution in [0.2, 0.25) is 0 Å². The van der Waals surface area contributed by atoms with Crippen molar-refractivity contribution < 1.29 is 4.52 Å². The molecule has 0 atom stereocenters. The minimum absolute atomic E-state index is 0.406. The average Bonchev–Trinajstić information content (AvgIpc) is 2.94. The van der Waals surface area contributed by atoms with Crippen molar-refractivity contribution in [3.8, 4) is 22.8 Å². The van der Waals surface area contributed by atoms with E-state index in [1.165, 1.54) is 0 Å². The van der Waals surface area contributed by atoms with Crippen LogP contribution >= 0.6 is 15.9 Å². The SMILES string of the molecule is Cc1cc(-c2noc(-c3cncc(N)c3)n2)cc(C)c1Br. The predicted octanol–water partition coefficient (Wildman–Crippen LogP) is 3.76. The van der Waals surface area contributed by atoms with Crippen molar-refractivity contribution in [2.24, 2.45) is 0 Å². The van der Waals surface area contributed by atoms with Gasteiger partial charge in [0.25, 0.3) is 5.89 Å². The summed E-state index contributed by atoms with van der Waals surface area (Å²) in [5, 5.41) is 4.03. The van der Waals surface area contributed by atoms with Crippen LogP contribution in [0.1, 0.15) is 11.1 Å². The topological polar surface area (TPSA) is 77.8 Å². The molecule has 6 heteroatoms. The lowest BCUT2D eigenvalue weighted by Crippen LogP contribution is -1.89. The molecule has 2 heterocycles. The number of anilines is 1. The first-order chi connectivity index (χ1) is 10.0. The van der Waals surface area contributed by atoms with E-state index in [-0.39, 0.29) is 0 Å². The van der Waals surface area contributed by atoms with Crippen molar-refractivity contribution in [1.82, 2.24) is 15.1 Å². The van der Waals surface area contributed by atoms with E-state index in [1.54, 1.807) is 18.5 Å². The number of hydrogen-bond donors (Lipinski definition) is 1. The molecule has 0 aliphatic carbocycles. The molecule has 2 aromatic heterocycles. The molecule has 0 fully saturated rings. The molecule has 0 saturated heterocycles. The molecule has 3 aromatic rings. The van der Waals surface area contributed by atoms with E-state index >= 15 is 0 Å². The molecule has 3 rings (SSSR count). The number of nitrogens with two attached hydrogens (primary N) is 1. The minimum atomic E-state index is 0.406. The van der Waals surface area contributed by atoms with E-state index < -0.39 is 0 Å². The van der Waals surface area contributed by atoms with Crippen LogP contribution in [-0.2, 0) is 0 Å². The summed E-state index contributed by atoms with van der Waals surface area (Å²) in [5.41, 5.74) is 10.1. The average molecular weight is 345 g/mol. The van der Waals surface area contributed by atoms with Crippen molar-refractivity contribution >= 4 is 21.6 Å². The number of rotatable bonds is 2. The highest BCUT2D eigenvalue weighted by atomic mass is 79.9. The second kappa shape index (κ2) is 5.29. The molecule has 5 nitrogen and oxygen atoms in total. The van der Waals surface area contributed by atoms with Crippen molar-refractivity contribution in [2.75, 3.05) is 5.73 Å². The van der Waals surface area contributed by atoms with Gasteiger partial charge in [-0.05, 0) is 43.2 Å². The molecule has 0 saturated carbocycles. The van der Waals surface area contributed by atoms with Gasteiger partial charge in [0.15, 0.2) is 0 Å². The smallest absolute Gasteiger partial charge is 0.259 e. The Morgan fingerprint density at radius 2 is 1.76 bits per heavy atom. The quantitative estimate of drug-likeness (QED) is 0.765. The van der Waals surface area contributed by atoms with Crippen LogP contribution < -0.4 is 5.73 Å². The second-order valence-electron chi connectivity index (χ2n) is 4.85. The zero-order valence-electron chi connectivity index (χ0n) is 11.6. The lowest BCUT2D eigenvalue weighted by Gasteiger charge is -2.04. The number of nitrogens with zero attached hydrogens (tertiary/aromatic N) is 3. The highest BCUT2D eigenvalue weighted by Gasteiger charge is 2.13. The van der Waals surface area contributed by atoms with Gasteiger partial charge in [-0.15, -0.1) is 0 Å². The Morgan fingerprint density at radius 1 is 1.05 bits per heavy atom. The monoisotopic (exact) mass is 344 g/mol. The first-order valence-corrected chi connectivity index (χ1v) is 7.15. The largest absolute Gasteiger partial charge is 0.397 e. The number of aromatic nitrogens is 3. The molecule has 1 aromatic carbocycles. The van der Waals surface area contributed by atoms with Crippen LogP contribution in [0.4, 0.5) is 5.69 Å². The molecule has 21 heavy (non-hydrogen) atoms. The van der Waals surface area contributed by atoms with Crippen molar-refractivity contribution in [3.63, 3.8) is 0 Å². The van der Waals surface area contributed by atoms with Crippen LogP contribution in [0.5, 0.6) is 0 Å². The second-order valence-corrected chi connectivity index (χ2v) is 5.65. The molecule has 0 aliphatic heterocycles. The molecule has 0 spiro atoms. The van der Waals surface area contributed by atoms with Gasteiger partial charge in [0, 0.05) is 22.4 Å². The number of hydrogen-bond acceptors (Lipinski definition) is 5. The van der Waals surface area contributed by atoms with Gasteiger partial charge in [0.1, 0.15) is 0 Å². The minimum Gasteiger partial charge on any atom is -0.397 e. The Morgan fingerprint density at radius 3 is 2.43 bits per heavy atom. The summed E-state index contributed by atoms with van der Waals surface area (Å²) in [6.45, 7) is 4.06. The number of halogens is 1. The van der Waals surface area contributed by atoms with Crippen molar-refractivity contribution in [2.45, 2.75) is 13.8 Å². The predicted molar refractivity (Wildman–Crippen MR) is 84.6 cm³/mol. The van der Waals surface area contributed by atoms with E-state index in [9.17, 15) is 0 Å². The van der Waals surface area contributed by atoms with Crippen LogP contribution in [0.25, 0.3) is 22.8 Å². The fourth-order valence-corrected chi connectivity index (χ4v) is 2.34. The third-order valence-corrected chi connectivity index (χ3v) is 4.38. The van der Waals surface area contributed by atoms with Crippen LogP contribution in [0.3, 0.4) is 0 Å². The summed E-state index contributed by atoms with van der Waals surface area (Å²) < 4.78 is 6.39. The van der Waals surface area contributed by atoms with Gasteiger partial charge in [-0.1, -0.05) is 21.1 Å². The molecule has 0 bridgehead atoms. The number of benzene rings is 1. The highest BCUT2D eigenvalue weighted by molar-refractivity contribution is 9.10. The Bertz CT molecular complexity index is 790. The third kappa shape index (κ3) is 2.67. The summed E-state index contributed by atoms with van der Waals surface area (Å²) in [7, 11) is 0.